The van der Waals surface area contributed by atoms with Crippen molar-refractivity contribution in [2.45, 2.75) is 6.92 Å². The number of benzene rings is 1. The molecular formula is C11H14Cl2N2O2. The second-order valence-corrected chi connectivity index (χ2v) is 4.12. The fourth-order valence-corrected chi connectivity index (χ4v) is 1.67. The average Bonchev–Trinajstić information content (AvgIpc) is 2.31. The van der Waals surface area contributed by atoms with E-state index >= 15 is 0 Å². The monoisotopic (exact) mass is 276 g/mol. The molecule has 2 amide bonds. The number of nitrogens with zero attached hydrogens (tertiary/aromatic N) is 1. The van der Waals surface area contributed by atoms with E-state index in [0.29, 0.717) is 22.3 Å². The Morgan fingerprint density at radius 3 is 2.76 bits per heavy atom. The summed E-state index contributed by atoms with van der Waals surface area (Å²) in [7, 11) is 0. The number of carbonyl (C=O) groups excluding carboxylic acids is 1. The van der Waals surface area contributed by atoms with Crippen molar-refractivity contribution in [1.82, 2.24) is 4.90 Å². The van der Waals surface area contributed by atoms with E-state index in [9.17, 15) is 4.79 Å². The minimum atomic E-state index is -0.314. The molecule has 0 saturated carbocycles. The molecule has 4 nitrogen and oxygen atoms in total. The number of amides is 2. The lowest BCUT2D eigenvalue weighted by molar-refractivity contribution is 0.192. The Morgan fingerprint density at radius 1 is 1.47 bits per heavy atom. The summed E-state index contributed by atoms with van der Waals surface area (Å²) in [6, 6.07) is 4.70. The van der Waals surface area contributed by atoms with E-state index in [0.717, 1.165) is 0 Å². The van der Waals surface area contributed by atoms with E-state index in [1.165, 1.54) is 4.90 Å². The Morgan fingerprint density at radius 2 is 2.18 bits per heavy atom. The lowest BCUT2D eigenvalue weighted by Crippen LogP contribution is -2.36. The Bertz CT molecular complexity index is 399. The lowest BCUT2D eigenvalue weighted by atomic mass is 10.3. The molecule has 2 N–H and O–H groups in total. The smallest absolute Gasteiger partial charge is 0.321 e. The second kappa shape index (κ2) is 6.69. The zero-order valence-corrected chi connectivity index (χ0v) is 10.9. The number of urea groups is 1. The molecule has 0 unspecified atom stereocenters. The van der Waals surface area contributed by atoms with E-state index in [4.69, 9.17) is 28.3 Å². The van der Waals surface area contributed by atoms with Gasteiger partial charge < -0.3 is 15.3 Å². The van der Waals surface area contributed by atoms with E-state index in [2.05, 4.69) is 5.32 Å². The molecule has 6 heteroatoms. The van der Waals surface area contributed by atoms with Crippen LogP contribution in [-0.2, 0) is 0 Å². The topological polar surface area (TPSA) is 52.6 Å². The molecule has 0 aromatic heterocycles. The third-order valence-corrected chi connectivity index (χ3v) is 3.05. The van der Waals surface area contributed by atoms with E-state index in [-0.39, 0.29) is 19.2 Å². The second-order valence-electron chi connectivity index (χ2n) is 3.33. The molecule has 0 spiro atoms. The van der Waals surface area contributed by atoms with Crippen molar-refractivity contribution in [3.05, 3.63) is 28.2 Å². The van der Waals surface area contributed by atoms with Crippen LogP contribution in [0.1, 0.15) is 6.92 Å². The van der Waals surface area contributed by atoms with Gasteiger partial charge in [-0.1, -0.05) is 29.3 Å². The number of hydrogen-bond acceptors (Lipinski definition) is 2. The molecule has 0 heterocycles. The zero-order chi connectivity index (χ0) is 12.8. The van der Waals surface area contributed by atoms with Crippen LogP contribution in [0.2, 0.25) is 10.0 Å². The fourth-order valence-electron chi connectivity index (χ4n) is 1.32. The normalized spacial score (nSPS) is 10.1. The van der Waals surface area contributed by atoms with Gasteiger partial charge in [0.1, 0.15) is 0 Å². The third kappa shape index (κ3) is 3.77. The van der Waals surface area contributed by atoms with Gasteiger partial charge in [0.05, 0.1) is 22.3 Å². The Hall–Kier alpha value is -0.970. The fraction of sp³-hybridized carbons (Fsp3) is 0.364. The first-order chi connectivity index (χ1) is 8.10. The van der Waals surface area contributed by atoms with Crippen LogP contribution >= 0.6 is 23.2 Å². The molecule has 0 aliphatic carbocycles. The van der Waals surface area contributed by atoms with Gasteiger partial charge in [0.25, 0.3) is 0 Å². The molecule has 0 atom stereocenters. The van der Waals surface area contributed by atoms with Crippen LogP contribution in [0, 0.1) is 0 Å². The number of rotatable bonds is 4. The maximum atomic E-state index is 11.8. The molecule has 0 saturated heterocycles. The largest absolute Gasteiger partial charge is 0.395 e. The van der Waals surface area contributed by atoms with Crippen molar-refractivity contribution >= 4 is 34.9 Å². The zero-order valence-electron chi connectivity index (χ0n) is 9.41. The van der Waals surface area contributed by atoms with Crippen LogP contribution in [0.3, 0.4) is 0 Å². The summed E-state index contributed by atoms with van der Waals surface area (Å²) in [6.07, 6.45) is 0. The maximum absolute atomic E-state index is 11.8. The first-order valence-electron chi connectivity index (χ1n) is 5.21. The van der Waals surface area contributed by atoms with Gasteiger partial charge in [-0.3, -0.25) is 0 Å². The quantitative estimate of drug-likeness (QED) is 0.889. The number of nitrogens with one attached hydrogen (secondary N) is 1. The summed E-state index contributed by atoms with van der Waals surface area (Å²) < 4.78 is 0. The van der Waals surface area contributed by atoms with Gasteiger partial charge in [-0.05, 0) is 19.1 Å². The SMILES string of the molecule is CCN(CCO)C(=O)Nc1cccc(Cl)c1Cl. The van der Waals surface area contributed by atoms with Crippen LogP contribution in [0.4, 0.5) is 10.5 Å². The highest BCUT2D eigenvalue weighted by Gasteiger charge is 2.13. The highest BCUT2D eigenvalue weighted by Crippen LogP contribution is 2.29. The molecule has 0 aliphatic rings. The van der Waals surface area contributed by atoms with Crippen molar-refractivity contribution in [3.63, 3.8) is 0 Å². The van der Waals surface area contributed by atoms with Crippen molar-refractivity contribution in [1.29, 1.82) is 0 Å². The molecule has 94 valence electrons. The van der Waals surface area contributed by atoms with Crippen LogP contribution < -0.4 is 5.32 Å². The number of anilines is 1. The van der Waals surface area contributed by atoms with Crippen molar-refractivity contribution in [2.24, 2.45) is 0 Å². The Kier molecular flexibility index (Phi) is 5.55. The predicted octanol–water partition coefficient (Wildman–Crippen LogP) is 2.84. The standard InChI is InChI=1S/C11H14Cl2N2O2/c1-2-15(6-7-16)11(17)14-9-5-3-4-8(12)10(9)13/h3-5,16H,2,6-7H2,1H3,(H,14,17). The minimum Gasteiger partial charge on any atom is -0.395 e. The predicted molar refractivity (Wildman–Crippen MR) is 69.8 cm³/mol. The van der Waals surface area contributed by atoms with Gasteiger partial charge >= 0.3 is 6.03 Å². The summed E-state index contributed by atoms with van der Waals surface area (Å²) in [4.78, 5) is 13.3. The molecule has 0 bridgehead atoms. The van der Waals surface area contributed by atoms with E-state index < -0.39 is 0 Å². The molecule has 1 aromatic rings. The van der Waals surface area contributed by atoms with E-state index in [1.54, 1.807) is 18.2 Å². The molecule has 0 aliphatic heterocycles. The highest BCUT2D eigenvalue weighted by atomic mass is 35.5. The Balaban J connectivity index is 2.76. The molecule has 0 radical (unpaired) electrons. The van der Waals surface area contributed by atoms with Crippen LogP contribution in [-0.4, -0.2) is 35.7 Å². The molecule has 0 fully saturated rings. The third-order valence-electron chi connectivity index (χ3n) is 2.23. The first kappa shape index (κ1) is 14.1. The number of halogens is 2. The number of aliphatic hydroxyl groups is 1. The average molecular weight is 277 g/mol. The minimum absolute atomic E-state index is 0.0788. The Labute approximate surface area is 110 Å². The van der Waals surface area contributed by atoms with Gasteiger partial charge in [0.15, 0.2) is 0 Å². The summed E-state index contributed by atoms with van der Waals surface area (Å²) in [5.74, 6) is 0. The number of aliphatic hydroxyl groups excluding tert-OH is 1. The molecule has 17 heavy (non-hydrogen) atoms. The number of carbonyl (C=O) groups is 1. The summed E-state index contributed by atoms with van der Waals surface area (Å²) >= 11 is 11.8. The highest BCUT2D eigenvalue weighted by molar-refractivity contribution is 6.43. The van der Waals surface area contributed by atoms with Crippen molar-refractivity contribution in [2.75, 3.05) is 25.0 Å². The van der Waals surface area contributed by atoms with Crippen LogP contribution in [0.25, 0.3) is 0 Å². The molecular weight excluding hydrogens is 263 g/mol. The van der Waals surface area contributed by atoms with Crippen LogP contribution in [0.15, 0.2) is 18.2 Å². The van der Waals surface area contributed by atoms with Crippen molar-refractivity contribution in [3.8, 4) is 0 Å². The molecule has 1 aromatic carbocycles. The van der Waals surface area contributed by atoms with Crippen molar-refractivity contribution < 1.29 is 9.90 Å². The van der Waals surface area contributed by atoms with Gasteiger partial charge in [-0.2, -0.15) is 0 Å². The van der Waals surface area contributed by atoms with Gasteiger partial charge in [0, 0.05) is 13.1 Å². The maximum Gasteiger partial charge on any atom is 0.321 e. The van der Waals surface area contributed by atoms with Gasteiger partial charge in [0.2, 0.25) is 0 Å². The van der Waals surface area contributed by atoms with Gasteiger partial charge in [-0.15, -0.1) is 0 Å². The summed E-state index contributed by atoms with van der Waals surface area (Å²) in [6.45, 7) is 2.53. The lowest BCUT2D eigenvalue weighted by Gasteiger charge is -2.20. The number of likely N-dealkylation sites (N-methyl/N-ethyl adjacent to an activating group) is 1. The van der Waals surface area contributed by atoms with Crippen LogP contribution in [0.5, 0.6) is 0 Å². The van der Waals surface area contributed by atoms with E-state index in [1.807, 2.05) is 6.92 Å². The number of hydrogen-bond donors (Lipinski definition) is 2. The van der Waals surface area contributed by atoms with Gasteiger partial charge in [-0.25, -0.2) is 4.79 Å². The summed E-state index contributed by atoms with van der Waals surface area (Å²) in [5, 5.41) is 12.2. The summed E-state index contributed by atoms with van der Waals surface area (Å²) in [5.41, 5.74) is 0.459. The molecule has 1 rings (SSSR count). The first-order valence-corrected chi connectivity index (χ1v) is 5.96.